The predicted molar refractivity (Wildman–Crippen MR) is 86.4 cm³/mol. The zero-order valence-electron chi connectivity index (χ0n) is 13.1. The Bertz CT molecular complexity index is 599. The highest BCUT2D eigenvalue weighted by molar-refractivity contribution is 7.99. The van der Waals surface area contributed by atoms with Gasteiger partial charge in [-0.15, -0.1) is 5.10 Å². The minimum Gasteiger partial charge on any atom is -0.349 e. The van der Waals surface area contributed by atoms with Gasteiger partial charge in [0, 0.05) is 6.54 Å². The fraction of sp³-hybridized carbons (Fsp3) is 0.467. The summed E-state index contributed by atoms with van der Waals surface area (Å²) < 4.78 is 1.74. The molecule has 6 nitrogen and oxygen atoms in total. The molecule has 2 aromatic rings. The molecule has 0 spiro atoms. The van der Waals surface area contributed by atoms with Crippen LogP contribution in [0.1, 0.15) is 32.4 Å². The van der Waals surface area contributed by atoms with E-state index >= 15 is 0 Å². The van der Waals surface area contributed by atoms with Crippen LogP contribution in [0.3, 0.4) is 0 Å². The van der Waals surface area contributed by atoms with Gasteiger partial charge in [0.2, 0.25) is 11.1 Å². The number of hydrogen-bond acceptors (Lipinski definition) is 5. The molecule has 22 heavy (non-hydrogen) atoms. The predicted octanol–water partition coefficient (Wildman–Crippen LogP) is 2.30. The summed E-state index contributed by atoms with van der Waals surface area (Å²) in [5.41, 5.74) is 1.09. The number of carbonyl (C=O) groups excluding carboxylic acids is 1. The van der Waals surface area contributed by atoms with Gasteiger partial charge >= 0.3 is 0 Å². The lowest BCUT2D eigenvalue weighted by molar-refractivity contribution is -0.119. The number of benzene rings is 1. The summed E-state index contributed by atoms with van der Waals surface area (Å²) >= 11 is 1.36. The SMILES string of the molecule is CC(C)Cn1nnnc1SCC(=O)NC(C)c1ccccc1. The van der Waals surface area contributed by atoms with Crippen LogP contribution in [-0.2, 0) is 11.3 Å². The van der Waals surface area contributed by atoms with Crippen LogP contribution in [0.2, 0.25) is 0 Å². The standard InChI is InChI=1S/C15H21N5OS/c1-11(2)9-20-15(17-18-19-20)22-10-14(21)16-12(3)13-7-5-4-6-8-13/h4-8,11-12H,9-10H2,1-3H3,(H,16,21). The van der Waals surface area contributed by atoms with E-state index in [2.05, 4.69) is 34.7 Å². The highest BCUT2D eigenvalue weighted by Crippen LogP contribution is 2.16. The summed E-state index contributed by atoms with van der Waals surface area (Å²) in [5, 5.41) is 15.2. The lowest BCUT2D eigenvalue weighted by Gasteiger charge is -2.14. The van der Waals surface area contributed by atoms with Crippen molar-refractivity contribution in [3.63, 3.8) is 0 Å². The first-order valence-corrected chi connectivity index (χ1v) is 8.28. The lowest BCUT2D eigenvalue weighted by Crippen LogP contribution is -2.28. The van der Waals surface area contributed by atoms with Crippen LogP contribution in [0.25, 0.3) is 0 Å². The van der Waals surface area contributed by atoms with E-state index in [9.17, 15) is 4.79 Å². The van der Waals surface area contributed by atoms with Crippen molar-refractivity contribution in [1.82, 2.24) is 25.5 Å². The van der Waals surface area contributed by atoms with E-state index in [1.54, 1.807) is 4.68 Å². The minimum absolute atomic E-state index is 0.0130. The molecule has 1 N–H and O–H groups in total. The highest BCUT2D eigenvalue weighted by Gasteiger charge is 2.13. The Morgan fingerprint density at radius 2 is 2.00 bits per heavy atom. The fourth-order valence-corrected chi connectivity index (χ4v) is 2.70. The third-order valence-electron chi connectivity index (χ3n) is 3.05. The van der Waals surface area contributed by atoms with E-state index < -0.39 is 0 Å². The first-order valence-electron chi connectivity index (χ1n) is 7.29. The van der Waals surface area contributed by atoms with Crippen molar-refractivity contribution in [3.05, 3.63) is 35.9 Å². The van der Waals surface area contributed by atoms with E-state index in [0.29, 0.717) is 16.8 Å². The molecule has 0 saturated carbocycles. The van der Waals surface area contributed by atoms with Crippen molar-refractivity contribution < 1.29 is 4.79 Å². The summed E-state index contributed by atoms with van der Waals surface area (Å²) in [6.07, 6.45) is 0. The monoisotopic (exact) mass is 319 g/mol. The van der Waals surface area contributed by atoms with Crippen molar-refractivity contribution in [2.45, 2.75) is 38.5 Å². The van der Waals surface area contributed by atoms with Crippen molar-refractivity contribution in [2.24, 2.45) is 5.92 Å². The van der Waals surface area contributed by atoms with Crippen LogP contribution < -0.4 is 5.32 Å². The molecule has 0 aliphatic rings. The quantitative estimate of drug-likeness (QED) is 0.793. The molecule has 0 radical (unpaired) electrons. The number of rotatable bonds is 7. The van der Waals surface area contributed by atoms with Gasteiger partial charge in [-0.3, -0.25) is 4.79 Å². The average molecular weight is 319 g/mol. The molecule has 1 atom stereocenters. The second kappa shape index (κ2) is 7.93. The van der Waals surface area contributed by atoms with E-state index in [1.165, 1.54) is 11.8 Å². The second-order valence-electron chi connectivity index (χ2n) is 5.53. The fourth-order valence-electron chi connectivity index (χ4n) is 2.00. The van der Waals surface area contributed by atoms with Gasteiger partial charge in [-0.2, -0.15) is 0 Å². The molecule has 1 amide bonds. The molecule has 2 rings (SSSR count). The molecule has 0 aliphatic carbocycles. The second-order valence-corrected chi connectivity index (χ2v) is 6.47. The number of tetrazole rings is 1. The third-order valence-corrected chi connectivity index (χ3v) is 4.00. The first-order chi connectivity index (χ1) is 10.6. The van der Waals surface area contributed by atoms with Gasteiger partial charge in [0.05, 0.1) is 11.8 Å². The molecule has 1 unspecified atom stereocenters. The highest BCUT2D eigenvalue weighted by atomic mass is 32.2. The summed E-state index contributed by atoms with van der Waals surface area (Å²) in [4.78, 5) is 12.0. The largest absolute Gasteiger partial charge is 0.349 e. The molecule has 0 saturated heterocycles. The first kappa shape index (κ1) is 16.5. The minimum atomic E-state index is -0.0274. The van der Waals surface area contributed by atoms with Gasteiger partial charge in [0.15, 0.2) is 0 Å². The Labute approximate surface area is 134 Å². The Balaban J connectivity index is 1.84. The zero-order chi connectivity index (χ0) is 15.9. The van der Waals surface area contributed by atoms with Crippen LogP contribution in [0.5, 0.6) is 0 Å². The van der Waals surface area contributed by atoms with Crippen LogP contribution in [0.15, 0.2) is 35.5 Å². The number of thioether (sulfide) groups is 1. The molecular formula is C15H21N5OS. The maximum atomic E-state index is 12.0. The van der Waals surface area contributed by atoms with E-state index in [4.69, 9.17) is 0 Å². The number of amides is 1. The number of carbonyl (C=O) groups is 1. The van der Waals surface area contributed by atoms with Crippen LogP contribution in [-0.4, -0.2) is 31.9 Å². The zero-order valence-corrected chi connectivity index (χ0v) is 13.9. The normalized spacial score (nSPS) is 12.4. The van der Waals surface area contributed by atoms with Gasteiger partial charge in [-0.25, -0.2) is 4.68 Å². The molecule has 7 heteroatoms. The van der Waals surface area contributed by atoms with Gasteiger partial charge in [0.25, 0.3) is 0 Å². The van der Waals surface area contributed by atoms with E-state index in [-0.39, 0.29) is 11.9 Å². The molecule has 0 fully saturated rings. The summed E-state index contributed by atoms with van der Waals surface area (Å²) in [6.45, 7) is 6.92. The molecular weight excluding hydrogens is 298 g/mol. The Hall–Kier alpha value is -1.89. The molecule has 1 heterocycles. The van der Waals surface area contributed by atoms with Gasteiger partial charge in [0.1, 0.15) is 0 Å². The maximum absolute atomic E-state index is 12.0. The lowest BCUT2D eigenvalue weighted by atomic mass is 10.1. The van der Waals surface area contributed by atoms with E-state index in [0.717, 1.165) is 12.1 Å². The molecule has 1 aromatic carbocycles. The van der Waals surface area contributed by atoms with Crippen molar-refractivity contribution >= 4 is 17.7 Å². The summed E-state index contributed by atoms with van der Waals surface area (Å²) in [5.74, 6) is 0.727. The Kier molecular flexibility index (Phi) is 5.94. The van der Waals surface area contributed by atoms with Crippen LogP contribution in [0, 0.1) is 5.92 Å². The average Bonchev–Trinajstić information content (AvgIpc) is 2.92. The van der Waals surface area contributed by atoms with Crippen molar-refractivity contribution in [3.8, 4) is 0 Å². The molecule has 0 aliphatic heterocycles. The van der Waals surface area contributed by atoms with Crippen LogP contribution >= 0.6 is 11.8 Å². The van der Waals surface area contributed by atoms with Gasteiger partial charge < -0.3 is 5.32 Å². The molecule has 0 bridgehead atoms. The van der Waals surface area contributed by atoms with Crippen LogP contribution in [0.4, 0.5) is 0 Å². The van der Waals surface area contributed by atoms with E-state index in [1.807, 2.05) is 37.3 Å². The smallest absolute Gasteiger partial charge is 0.230 e. The number of hydrogen-bond donors (Lipinski definition) is 1. The Morgan fingerprint density at radius 3 is 2.68 bits per heavy atom. The van der Waals surface area contributed by atoms with Gasteiger partial charge in [-0.05, 0) is 28.8 Å². The summed E-state index contributed by atoms with van der Waals surface area (Å²) in [6, 6.07) is 9.88. The summed E-state index contributed by atoms with van der Waals surface area (Å²) in [7, 11) is 0. The topological polar surface area (TPSA) is 72.7 Å². The number of nitrogens with one attached hydrogen (secondary N) is 1. The number of aromatic nitrogens is 4. The molecule has 1 aromatic heterocycles. The third kappa shape index (κ3) is 4.84. The Morgan fingerprint density at radius 1 is 1.27 bits per heavy atom. The number of nitrogens with zero attached hydrogens (tertiary/aromatic N) is 4. The van der Waals surface area contributed by atoms with Crippen molar-refractivity contribution in [2.75, 3.05) is 5.75 Å². The van der Waals surface area contributed by atoms with Gasteiger partial charge in [-0.1, -0.05) is 55.9 Å². The van der Waals surface area contributed by atoms with Crippen molar-refractivity contribution in [1.29, 1.82) is 0 Å². The molecule has 118 valence electrons. The maximum Gasteiger partial charge on any atom is 0.230 e.